The van der Waals surface area contributed by atoms with E-state index in [1.807, 2.05) is 38.1 Å². The van der Waals surface area contributed by atoms with Crippen molar-refractivity contribution in [3.05, 3.63) is 34.6 Å². The van der Waals surface area contributed by atoms with Crippen LogP contribution in [0.4, 0.5) is 0 Å². The number of benzene rings is 1. The van der Waals surface area contributed by atoms with Crippen molar-refractivity contribution in [1.29, 1.82) is 0 Å². The number of aromatic nitrogens is 4. The largest absolute Gasteiger partial charge is 0.347 e. The Hall–Kier alpha value is -1.76. The van der Waals surface area contributed by atoms with Crippen LogP contribution in [-0.2, 0) is 0 Å². The lowest BCUT2D eigenvalue weighted by atomic mass is 10.2. The number of hydrogen-bond acceptors (Lipinski definition) is 4. The molecule has 0 aliphatic rings. The molecule has 1 atom stereocenters. The number of nitrogens with zero attached hydrogens (tertiary/aromatic N) is 4. The average molecular weight is 324 g/mol. The highest BCUT2D eigenvalue weighted by Crippen LogP contribution is 2.12. The minimum absolute atomic E-state index is 0.0724. The molecule has 19 heavy (non-hydrogen) atoms. The SMILES string of the molecule is CCC(C)NC(=O)c1nnn(-c2ccc(Br)cc2)n1. The van der Waals surface area contributed by atoms with Crippen molar-refractivity contribution in [2.45, 2.75) is 26.3 Å². The van der Waals surface area contributed by atoms with Crippen LogP contribution in [0.3, 0.4) is 0 Å². The molecule has 2 aromatic rings. The normalized spacial score (nSPS) is 12.2. The van der Waals surface area contributed by atoms with Gasteiger partial charge in [-0.2, -0.15) is 0 Å². The Kier molecular flexibility index (Phi) is 4.26. The fourth-order valence-electron chi connectivity index (χ4n) is 1.38. The van der Waals surface area contributed by atoms with E-state index in [0.717, 1.165) is 16.6 Å². The first kappa shape index (κ1) is 13.7. The van der Waals surface area contributed by atoms with Crippen LogP contribution in [0.15, 0.2) is 28.7 Å². The third-order valence-electron chi connectivity index (χ3n) is 2.66. The van der Waals surface area contributed by atoms with E-state index < -0.39 is 0 Å². The number of nitrogens with one attached hydrogen (secondary N) is 1. The van der Waals surface area contributed by atoms with Crippen molar-refractivity contribution < 1.29 is 4.79 Å². The van der Waals surface area contributed by atoms with Gasteiger partial charge in [0.05, 0.1) is 5.69 Å². The Morgan fingerprint density at radius 2 is 2.11 bits per heavy atom. The molecule has 0 saturated carbocycles. The lowest BCUT2D eigenvalue weighted by Crippen LogP contribution is -2.32. The number of carbonyl (C=O) groups excluding carboxylic acids is 1. The van der Waals surface area contributed by atoms with Gasteiger partial charge < -0.3 is 5.32 Å². The first-order chi connectivity index (χ1) is 9.10. The molecule has 2 rings (SSSR count). The Morgan fingerprint density at radius 3 is 2.74 bits per heavy atom. The van der Waals surface area contributed by atoms with Crippen LogP contribution in [0.2, 0.25) is 0 Å². The predicted molar refractivity (Wildman–Crippen MR) is 74.1 cm³/mol. The number of hydrogen-bond donors (Lipinski definition) is 1. The van der Waals surface area contributed by atoms with Gasteiger partial charge in [0.1, 0.15) is 0 Å². The first-order valence-electron chi connectivity index (χ1n) is 5.97. The van der Waals surface area contributed by atoms with Gasteiger partial charge in [0, 0.05) is 10.5 Å². The molecular formula is C12H14BrN5O. The molecule has 6 nitrogen and oxygen atoms in total. The first-order valence-corrected chi connectivity index (χ1v) is 6.76. The highest BCUT2D eigenvalue weighted by Gasteiger charge is 2.15. The summed E-state index contributed by atoms with van der Waals surface area (Å²) in [6, 6.07) is 7.51. The Labute approximate surface area is 119 Å². The molecule has 0 spiro atoms. The summed E-state index contributed by atoms with van der Waals surface area (Å²) >= 11 is 3.35. The second-order valence-electron chi connectivity index (χ2n) is 4.16. The number of tetrazole rings is 1. The van der Waals surface area contributed by atoms with E-state index >= 15 is 0 Å². The molecule has 100 valence electrons. The van der Waals surface area contributed by atoms with Crippen LogP contribution in [0.25, 0.3) is 5.69 Å². The maximum Gasteiger partial charge on any atom is 0.293 e. The third kappa shape index (κ3) is 3.37. The molecule has 1 unspecified atom stereocenters. The molecule has 1 aromatic carbocycles. The third-order valence-corrected chi connectivity index (χ3v) is 3.19. The van der Waals surface area contributed by atoms with Gasteiger partial charge in [-0.3, -0.25) is 4.79 Å². The molecule has 1 N–H and O–H groups in total. The number of carbonyl (C=O) groups is 1. The molecular weight excluding hydrogens is 310 g/mol. The molecule has 1 amide bonds. The minimum Gasteiger partial charge on any atom is -0.347 e. The zero-order valence-electron chi connectivity index (χ0n) is 10.7. The summed E-state index contributed by atoms with van der Waals surface area (Å²) in [6.07, 6.45) is 0.854. The summed E-state index contributed by atoms with van der Waals surface area (Å²) in [5, 5.41) is 14.5. The van der Waals surface area contributed by atoms with Gasteiger partial charge in [0.25, 0.3) is 11.7 Å². The molecule has 0 radical (unpaired) electrons. The maximum atomic E-state index is 11.8. The van der Waals surface area contributed by atoms with E-state index in [9.17, 15) is 4.79 Å². The van der Waals surface area contributed by atoms with Crippen molar-refractivity contribution in [2.24, 2.45) is 0 Å². The van der Waals surface area contributed by atoms with E-state index in [2.05, 4.69) is 36.7 Å². The molecule has 7 heteroatoms. The molecule has 0 fully saturated rings. The molecule has 0 bridgehead atoms. The topological polar surface area (TPSA) is 72.7 Å². The summed E-state index contributed by atoms with van der Waals surface area (Å²) in [5.41, 5.74) is 0.748. The van der Waals surface area contributed by atoms with Gasteiger partial charge >= 0.3 is 0 Å². The van der Waals surface area contributed by atoms with Crippen LogP contribution < -0.4 is 5.32 Å². The van der Waals surface area contributed by atoms with E-state index in [0.29, 0.717) is 0 Å². The van der Waals surface area contributed by atoms with Gasteiger partial charge in [-0.15, -0.1) is 15.0 Å². The standard InChI is InChI=1S/C12H14BrN5O/c1-3-8(2)14-12(19)11-15-17-18(16-11)10-6-4-9(13)5-7-10/h4-8H,3H2,1-2H3,(H,14,19). The highest BCUT2D eigenvalue weighted by atomic mass is 79.9. The second-order valence-corrected chi connectivity index (χ2v) is 5.08. The van der Waals surface area contributed by atoms with Crippen LogP contribution >= 0.6 is 15.9 Å². The van der Waals surface area contributed by atoms with E-state index in [4.69, 9.17) is 0 Å². The maximum absolute atomic E-state index is 11.8. The van der Waals surface area contributed by atoms with Gasteiger partial charge in [0.2, 0.25) is 0 Å². The zero-order chi connectivity index (χ0) is 13.8. The summed E-state index contributed by atoms with van der Waals surface area (Å²) in [5.74, 6) is -0.235. The van der Waals surface area contributed by atoms with Crippen LogP contribution in [-0.4, -0.2) is 32.2 Å². The molecule has 1 heterocycles. The zero-order valence-corrected chi connectivity index (χ0v) is 12.3. The molecule has 0 aliphatic carbocycles. The fourth-order valence-corrected chi connectivity index (χ4v) is 1.64. The van der Waals surface area contributed by atoms with Gasteiger partial charge in [-0.05, 0) is 42.8 Å². The number of rotatable bonds is 4. The number of amides is 1. The average Bonchev–Trinajstić information content (AvgIpc) is 2.89. The Balaban J connectivity index is 2.15. The minimum atomic E-state index is -0.308. The summed E-state index contributed by atoms with van der Waals surface area (Å²) in [6.45, 7) is 3.92. The van der Waals surface area contributed by atoms with Crippen LogP contribution in [0.1, 0.15) is 30.9 Å². The predicted octanol–water partition coefficient (Wildman–Crippen LogP) is 1.95. The lowest BCUT2D eigenvalue weighted by molar-refractivity contribution is 0.0928. The molecule has 0 saturated heterocycles. The smallest absolute Gasteiger partial charge is 0.293 e. The molecule has 0 aliphatic heterocycles. The van der Waals surface area contributed by atoms with Crippen molar-refractivity contribution in [3.63, 3.8) is 0 Å². The van der Waals surface area contributed by atoms with Crippen molar-refractivity contribution in [2.75, 3.05) is 0 Å². The summed E-state index contributed by atoms with van der Waals surface area (Å²) in [4.78, 5) is 13.1. The van der Waals surface area contributed by atoms with E-state index in [-0.39, 0.29) is 17.8 Å². The van der Waals surface area contributed by atoms with Gasteiger partial charge in [0.15, 0.2) is 0 Å². The summed E-state index contributed by atoms with van der Waals surface area (Å²) < 4.78 is 0.964. The van der Waals surface area contributed by atoms with Crippen molar-refractivity contribution in [1.82, 2.24) is 25.5 Å². The Morgan fingerprint density at radius 1 is 1.42 bits per heavy atom. The monoisotopic (exact) mass is 323 g/mol. The van der Waals surface area contributed by atoms with Crippen LogP contribution in [0.5, 0.6) is 0 Å². The van der Waals surface area contributed by atoms with Crippen LogP contribution in [0, 0.1) is 0 Å². The second kappa shape index (κ2) is 5.92. The van der Waals surface area contributed by atoms with Gasteiger partial charge in [-0.25, -0.2) is 0 Å². The van der Waals surface area contributed by atoms with E-state index in [1.54, 1.807) is 0 Å². The van der Waals surface area contributed by atoms with Gasteiger partial charge in [-0.1, -0.05) is 22.9 Å². The fraction of sp³-hybridized carbons (Fsp3) is 0.333. The summed E-state index contributed by atoms with van der Waals surface area (Å²) in [7, 11) is 0. The Bertz CT molecular complexity index is 566. The van der Waals surface area contributed by atoms with Crippen molar-refractivity contribution in [3.8, 4) is 5.69 Å². The van der Waals surface area contributed by atoms with Crippen molar-refractivity contribution >= 4 is 21.8 Å². The number of halogens is 1. The quantitative estimate of drug-likeness (QED) is 0.933. The highest BCUT2D eigenvalue weighted by molar-refractivity contribution is 9.10. The van der Waals surface area contributed by atoms with E-state index in [1.165, 1.54) is 4.80 Å². The molecule has 1 aromatic heterocycles. The lowest BCUT2D eigenvalue weighted by Gasteiger charge is -2.08.